The number of hydrogen-bond acceptors (Lipinski definition) is 2. The SMILES string of the molecule is CCC[C@@H](C(C)C)[C@H](O)CC[C@H]1CCC2C3CC=C4C[C@@H](O)CC[C@]4(C)C3CC[C@@]21C. The number of aliphatic hydroxyl groups is 2. The van der Waals surface area contributed by atoms with Crippen LogP contribution in [-0.2, 0) is 0 Å². The van der Waals surface area contributed by atoms with Crippen molar-refractivity contribution in [2.24, 2.45) is 46.3 Å². The smallest absolute Gasteiger partial charge is 0.0577 e. The monoisotopic (exact) mass is 430 g/mol. The van der Waals surface area contributed by atoms with E-state index >= 15 is 0 Å². The minimum absolute atomic E-state index is 0.102. The van der Waals surface area contributed by atoms with Crippen LogP contribution < -0.4 is 0 Å². The molecule has 2 heteroatoms. The van der Waals surface area contributed by atoms with Gasteiger partial charge >= 0.3 is 0 Å². The van der Waals surface area contributed by atoms with E-state index in [0.29, 0.717) is 22.7 Å². The van der Waals surface area contributed by atoms with E-state index in [1.165, 1.54) is 51.4 Å². The summed E-state index contributed by atoms with van der Waals surface area (Å²) in [6.07, 6.45) is 16.8. The fraction of sp³-hybridized carbons (Fsp3) is 0.931. The first-order valence-electron chi connectivity index (χ1n) is 13.8. The molecule has 0 radical (unpaired) electrons. The summed E-state index contributed by atoms with van der Waals surface area (Å²) < 4.78 is 0. The van der Waals surface area contributed by atoms with Crippen LogP contribution in [-0.4, -0.2) is 22.4 Å². The summed E-state index contributed by atoms with van der Waals surface area (Å²) >= 11 is 0. The lowest BCUT2D eigenvalue weighted by molar-refractivity contribution is -0.0529. The van der Waals surface area contributed by atoms with Crippen molar-refractivity contribution in [2.75, 3.05) is 0 Å². The average Bonchev–Trinajstić information content (AvgIpc) is 3.07. The summed E-state index contributed by atoms with van der Waals surface area (Å²) in [7, 11) is 0. The zero-order valence-electron chi connectivity index (χ0n) is 21.1. The third-order valence-electron chi connectivity index (χ3n) is 11.1. The Morgan fingerprint density at radius 2 is 1.81 bits per heavy atom. The second-order valence-electron chi connectivity index (χ2n) is 12.8. The van der Waals surface area contributed by atoms with Gasteiger partial charge in [0.15, 0.2) is 0 Å². The number of aliphatic hydroxyl groups excluding tert-OH is 2. The maximum absolute atomic E-state index is 11.0. The fourth-order valence-electron chi connectivity index (χ4n) is 9.11. The van der Waals surface area contributed by atoms with Gasteiger partial charge in [0, 0.05) is 0 Å². The molecule has 4 aliphatic carbocycles. The van der Waals surface area contributed by atoms with Crippen molar-refractivity contribution in [3.63, 3.8) is 0 Å². The van der Waals surface area contributed by atoms with Crippen molar-refractivity contribution >= 4 is 0 Å². The number of rotatable bonds is 7. The Morgan fingerprint density at radius 1 is 1.03 bits per heavy atom. The van der Waals surface area contributed by atoms with Gasteiger partial charge in [-0.15, -0.1) is 0 Å². The summed E-state index contributed by atoms with van der Waals surface area (Å²) in [6.45, 7) is 12.0. The first kappa shape index (κ1) is 23.8. The van der Waals surface area contributed by atoms with Gasteiger partial charge in [-0.2, -0.15) is 0 Å². The van der Waals surface area contributed by atoms with Crippen LogP contribution in [0.1, 0.15) is 112 Å². The zero-order chi connectivity index (χ0) is 22.4. The third kappa shape index (κ3) is 4.18. The number of fused-ring (bicyclic) bond motifs is 5. The predicted molar refractivity (Wildman–Crippen MR) is 130 cm³/mol. The lowest BCUT2D eigenvalue weighted by Gasteiger charge is -2.58. The Morgan fingerprint density at radius 3 is 2.52 bits per heavy atom. The van der Waals surface area contributed by atoms with E-state index in [9.17, 15) is 10.2 Å². The minimum atomic E-state index is -0.119. The molecule has 2 N–H and O–H groups in total. The van der Waals surface area contributed by atoms with E-state index < -0.39 is 0 Å². The molecule has 0 aliphatic heterocycles. The topological polar surface area (TPSA) is 40.5 Å². The summed E-state index contributed by atoms with van der Waals surface area (Å²) in [4.78, 5) is 0. The molecule has 3 unspecified atom stereocenters. The molecular weight excluding hydrogens is 380 g/mol. The summed E-state index contributed by atoms with van der Waals surface area (Å²) in [5, 5.41) is 21.2. The van der Waals surface area contributed by atoms with Gasteiger partial charge in [-0.3, -0.25) is 0 Å². The van der Waals surface area contributed by atoms with Crippen LogP contribution in [0.2, 0.25) is 0 Å². The normalized spacial score (nSPS) is 44.3. The fourth-order valence-corrected chi connectivity index (χ4v) is 9.11. The van der Waals surface area contributed by atoms with Crippen molar-refractivity contribution in [2.45, 2.75) is 124 Å². The van der Waals surface area contributed by atoms with Gasteiger partial charge in [-0.25, -0.2) is 0 Å². The minimum Gasteiger partial charge on any atom is -0.393 e. The standard InChI is InChI=1S/C29H50O2/c1-6-7-23(19(2)3)27(31)13-10-20-9-12-25-24-11-8-21-18-22(30)14-16-29(21,5)26(24)15-17-28(20,25)4/h8,19-20,22-27,30-31H,6-7,9-18H2,1-5H3/t20-,22+,23+,24?,25?,26?,27-,28-,29+/m1/s1. The Labute approximate surface area is 192 Å². The van der Waals surface area contributed by atoms with E-state index in [-0.39, 0.29) is 12.2 Å². The molecule has 178 valence electrons. The Balaban J connectivity index is 1.44. The van der Waals surface area contributed by atoms with E-state index in [0.717, 1.165) is 49.4 Å². The molecule has 0 amide bonds. The number of allylic oxidation sites excluding steroid dienone is 1. The molecule has 0 aromatic carbocycles. The van der Waals surface area contributed by atoms with Crippen molar-refractivity contribution < 1.29 is 10.2 Å². The highest BCUT2D eigenvalue weighted by molar-refractivity contribution is 5.25. The molecule has 0 aromatic rings. The van der Waals surface area contributed by atoms with Crippen LogP contribution in [0.5, 0.6) is 0 Å². The van der Waals surface area contributed by atoms with E-state index in [2.05, 4.69) is 40.7 Å². The largest absolute Gasteiger partial charge is 0.393 e. The van der Waals surface area contributed by atoms with Crippen LogP contribution in [0.4, 0.5) is 0 Å². The molecule has 0 bridgehead atoms. The Bertz CT molecular complexity index is 653. The molecule has 9 atom stereocenters. The van der Waals surface area contributed by atoms with Gasteiger partial charge in [0.25, 0.3) is 0 Å². The van der Waals surface area contributed by atoms with Gasteiger partial charge < -0.3 is 10.2 Å². The van der Waals surface area contributed by atoms with Crippen LogP contribution >= 0.6 is 0 Å². The quantitative estimate of drug-likeness (QED) is 0.421. The molecule has 31 heavy (non-hydrogen) atoms. The van der Waals surface area contributed by atoms with Crippen molar-refractivity contribution in [3.8, 4) is 0 Å². The molecule has 4 aliphatic rings. The maximum atomic E-state index is 11.0. The van der Waals surface area contributed by atoms with Crippen LogP contribution in [0, 0.1) is 46.3 Å². The summed E-state index contributed by atoms with van der Waals surface area (Å²) in [6, 6.07) is 0. The number of hydrogen-bond donors (Lipinski definition) is 2. The highest BCUT2D eigenvalue weighted by Gasteiger charge is 2.58. The van der Waals surface area contributed by atoms with Crippen LogP contribution in [0.25, 0.3) is 0 Å². The molecule has 0 spiro atoms. The van der Waals surface area contributed by atoms with Crippen molar-refractivity contribution in [3.05, 3.63) is 11.6 Å². The van der Waals surface area contributed by atoms with Crippen LogP contribution in [0.3, 0.4) is 0 Å². The van der Waals surface area contributed by atoms with Crippen molar-refractivity contribution in [1.29, 1.82) is 0 Å². The van der Waals surface area contributed by atoms with Gasteiger partial charge in [-0.1, -0.05) is 52.7 Å². The molecule has 0 aromatic heterocycles. The van der Waals surface area contributed by atoms with E-state index in [1.54, 1.807) is 5.57 Å². The van der Waals surface area contributed by atoms with Gasteiger partial charge in [0.2, 0.25) is 0 Å². The average molecular weight is 431 g/mol. The highest BCUT2D eigenvalue weighted by Crippen LogP contribution is 2.66. The molecule has 3 fully saturated rings. The van der Waals surface area contributed by atoms with E-state index in [1.807, 2.05) is 0 Å². The Hall–Kier alpha value is -0.340. The van der Waals surface area contributed by atoms with Gasteiger partial charge in [-0.05, 0) is 117 Å². The summed E-state index contributed by atoms with van der Waals surface area (Å²) in [5.74, 6) is 4.39. The second kappa shape index (κ2) is 9.13. The van der Waals surface area contributed by atoms with E-state index in [4.69, 9.17) is 0 Å². The lowest BCUT2D eigenvalue weighted by Crippen LogP contribution is -2.50. The molecule has 2 nitrogen and oxygen atoms in total. The predicted octanol–water partition coefficient (Wildman–Crippen LogP) is 7.14. The van der Waals surface area contributed by atoms with Crippen LogP contribution in [0.15, 0.2) is 11.6 Å². The summed E-state index contributed by atoms with van der Waals surface area (Å²) in [5.41, 5.74) is 2.42. The highest BCUT2D eigenvalue weighted by atomic mass is 16.3. The molecule has 0 saturated heterocycles. The first-order valence-corrected chi connectivity index (χ1v) is 13.8. The molecule has 0 heterocycles. The van der Waals surface area contributed by atoms with Gasteiger partial charge in [0.1, 0.15) is 0 Å². The Kier molecular flexibility index (Phi) is 7.01. The van der Waals surface area contributed by atoms with Gasteiger partial charge in [0.05, 0.1) is 12.2 Å². The second-order valence-corrected chi connectivity index (χ2v) is 12.8. The first-order chi connectivity index (χ1) is 14.7. The maximum Gasteiger partial charge on any atom is 0.0577 e. The zero-order valence-corrected chi connectivity index (χ0v) is 21.1. The molecular formula is C29H50O2. The lowest BCUT2D eigenvalue weighted by atomic mass is 9.47. The third-order valence-corrected chi connectivity index (χ3v) is 11.1. The molecule has 3 saturated carbocycles. The van der Waals surface area contributed by atoms with Crippen molar-refractivity contribution in [1.82, 2.24) is 0 Å². The molecule has 4 rings (SSSR count).